The van der Waals surface area contributed by atoms with Gasteiger partial charge in [0.25, 0.3) is 0 Å². The van der Waals surface area contributed by atoms with Crippen LogP contribution < -0.4 is 5.32 Å². The lowest BCUT2D eigenvalue weighted by Gasteiger charge is -2.30. The maximum Gasteiger partial charge on any atom is 0.0726 e. The standard InChI is InChI=1S/C12H22N2O/c1-10-12(4,6-8-15-10)14-7-5-11(2,3)9-13/h10,14H,5-8H2,1-4H3. The molecule has 1 aliphatic rings. The van der Waals surface area contributed by atoms with Crippen LogP contribution in [0.25, 0.3) is 0 Å². The fourth-order valence-electron chi connectivity index (χ4n) is 1.78. The minimum absolute atomic E-state index is 0.0888. The third-order valence-electron chi connectivity index (χ3n) is 3.47. The van der Waals surface area contributed by atoms with E-state index in [4.69, 9.17) is 10.00 Å². The van der Waals surface area contributed by atoms with Gasteiger partial charge in [0.15, 0.2) is 0 Å². The van der Waals surface area contributed by atoms with E-state index in [0.717, 1.165) is 26.0 Å². The summed E-state index contributed by atoms with van der Waals surface area (Å²) in [7, 11) is 0. The summed E-state index contributed by atoms with van der Waals surface area (Å²) in [5, 5.41) is 12.4. The van der Waals surface area contributed by atoms with E-state index in [2.05, 4.69) is 25.2 Å². The molecule has 1 heterocycles. The van der Waals surface area contributed by atoms with Gasteiger partial charge < -0.3 is 10.1 Å². The second-order valence-electron chi connectivity index (χ2n) is 5.35. The first-order valence-electron chi connectivity index (χ1n) is 5.67. The molecule has 0 aliphatic carbocycles. The predicted octanol–water partition coefficient (Wildman–Crippen LogP) is 2.08. The highest BCUT2D eigenvalue weighted by molar-refractivity contribution is 4.96. The molecule has 15 heavy (non-hydrogen) atoms. The van der Waals surface area contributed by atoms with E-state index >= 15 is 0 Å². The number of nitrogens with zero attached hydrogens (tertiary/aromatic N) is 1. The van der Waals surface area contributed by atoms with E-state index in [1.54, 1.807) is 0 Å². The lowest BCUT2D eigenvalue weighted by Crippen LogP contribution is -2.48. The highest BCUT2D eigenvalue weighted by Crippen LogP contribution is 2.26. The van der Waals surface area contributed by atoms with Gasteiger partial charge in [-0.25, -0.2) is 0 Å². The van der Waals surface area contributed by atoms with Crippen molar-refractivity contribution in [3.05, 3.63) is 0 Å². The average molecular weight is 210 g/mol. The highest BCUT2D eigenvalue weighted by atomic mass is 16.5. The maximum absolute atomic E-state index is 8.90. The molecule has 2 atom stereocenters. The molecule has 3 nitrogen and oxygen atoms in total. The normalized spacial score (nSPS) is 31.5. The van der Waals surface area contributed by atoms with Gasteiger partial charge in [-0.05, 0) is 47.1 Å². The van der Waals surface area contributed by atoms with Crippen LogP contribution in [0.5, 0.6) is 0 Å². The van der Waals surface area contributed by atoms with Crippen LogP contribution in [0.1, 0.15) is 40.5 Å². The van der Waals surface area contributed by atoms with Crippen LogP contribution in [0, 0.1) is 16.7 Å². The van der Waals surface area contributed by atoms with Crippen molar-refractivity contribution in [2.24, 2.45) is 5.41 Å². The van der Waals surface area contributed by atoms with Crippen molar-refractivity contribution in [2.75, 3.05) is 13.2 Å². The summed E-state index contributed by atoms with van der Waals surface area (Å²) in [5.41, 5.74) is -0.141. The first-order valence-corrected chi connectivity index (χ1v) is 5.67. The second kappa shape index (κ2) is 4.51. The third-order valence-corrected chi connectivity index (χ3v) is 3.47. The van der Waals surface area contributed by atoms with Gasteiger partial charge in [0.2, 0.25) is 0 Å². The Labute approximate surface area is 92.8 Å². The second-order valence-corrected chi connectivity index (χ2v) is 5.35. The molecule has 3 heteroatoms. The molecule has 1 fully saturated rings. The Bertz CT molecular complexity index is 257. The molecular formula is C12H22N2O. The lowest BCUT2D eigenvalue weighted by atomic mass is 9.89. The molecule has 0 saturated carbocycles. The lowest BCUT2D eigenvalue weighted by molar-refractivity contribution is 0.0880. The van der Waals surface area contributed by atoms with Crippen molar-refractivity contribution in [3.63, 3.8) is 0 Å². The predicted molar refractivity (Wildman–Crippen MR) is 60.4 cm³/mol. The Hall–Kier alpha value is -0.590. The van der Waals surface area contributed by atoms with Crippen molar-refractivity contribution in [1.82, 2.24) is 5.32 Å². The van der Waals surface area contributed by atoms with Crippen LogP contribution in [0.2, 0.25) is 0 Å². The van der Waals surface area contributed by atoms with E-state index in [1.807, 2.05) is 13.8 Å². The molecule has 0 aromatic carbocycles. The van der Waals surface area contributed by atoms with Crippen molar-refractivity contribution < 1.29 is 4.74 Å². The van der Waals surface area contributed by atoms with Crippen LogP contribution in [-0.2, 0) is 4.74 Å². The van der Waals surface area contributed by atoms with E-state index < -0.39 is 0 Å². The van der Waals surface area contributed by atoms with Crippen molar-refractivity contribution in [1.29, 1.82) is 5.26 Å². The monoisotopic (exact) mass is 210 g/mol. The van der Waals surface area contributed by atoms with Crippen LogP contribution in [0.15, 0.2) is 0 Å². The molecule has 0 amide bonds. The van der Waals surface area contributed by atoms with E-state index in [9.17, 15) is 0 Å². The molecule has 1 aliphatic heterocycles. The summed E-state index contributed by atoms with van der Waals surface area (Å²) in [6.07, 6.45) is 2.20. The average Bonchev–Trinajstić information content (AvgIpc) is 2.47. The van der Waals surface area contributed by atoms with Crippen molar-refractivity contribution >= 4 is 0 Å². The van der Waals surface area contributed by atoms with Crippen molar-refractivity contribution in [2.45, 2.75) is 52.2 Å². The first-order chi connectivity index (χ1) is 6.90. The number of ether oxygens (including phenoxy) is 1. The summed E-state index contributed by atoms with van der Waals surface area (Å²) in [6.45, 7) is 9.98. The van der Waals surface area contributed by atoms with Crippen LogP contribution >= 0.6 is 0 Å². The Balaban J connectivity index is 2.35. The largest absolute Gasteiger partial charge is 0.377 e. The number of rotatable bonds is 4. The number of nitrogens with one attached hydrogen (secondary N) is 1. The molecule has 0 bridgehead atoms. The quantitative estimate of drug-likeness (QED) is 0.772. The Morgan fingerprint density at radius 1 is 1.60 bits per heavy atom. The maximum atomic E-state index is 8.90. The first kappa shape index (κ1) is 12.5. The fourth-order valence-corrected chi connectivity index (χ4v) is 1.78. The highest BCUT2D eigenvalue weighted by Gasteiger charge is 2.36. The number of hydrogen-bond donors (Lipinski definition) is 1. The zero-order chi connectivity index (χ0) is 11.5. The van der Waals surface area contributed by atoms with Gasteiger partial charge in [0.05, 0.1) is 17.6 Å². The minimum atomic E-state index is -0.230. The summed E-state index contributed by atoms with van der Waals surface area (Å²) >= 11 is 0. The summed E-state index contributed by atoms with van der Waals surface area (Å²) in [4.78, 5) is 0. The molecular weight excluding hydrogens is 188 g/mol. The molecule has 86 valence electrons. The summed E-state index contributed by atoms with van der Waals surface area (Å²) < 4.78 is 5.55. The Morgan fingerprint density at radius 2 is 2.27 bits per heavy atom. The van der Waals surface area contributed by atoms with Crippen molar-refractivity contribution in [3.8, 4) is 6.07 Å². The number of nitriles is 1. The van der Waals surface area contributed by atoms with Gasteiger partial charge in [0.1, 0.15) is 0 Å². The van der Waals surface area contributed by atoms with Gasteiger partial charge >= 0.3 is 0 Å². The smallest absolute Gasteiger partial charge is 0.0726 e. The van der Waals surface area contributed by atoms with Gasteiger partial charge in [-0.1, -0.05) is 0 Å². The molecule has 1 saturated heterocycles. The zero-order valence-corrected chi connectivity index (χ0v) is 10.3. The van der Waals surface area contributed by atoms with E-state index in [1.165, 1.54) is 0 Å². The molecule has 0 spiro atoms. The van der Waals surface area contributed by atoms with Crippen LogP contribution in [0.3, 0.4) is 0 Å². The van der Waals surface area contributed by atoms with E-state index in [0.29, 0.717) is 0 Å². The minimum Gasteiger partial charge on any atom is -0.377 e. The topological polar surface area (TPSA) is 45.0 Å². The Kier molecular flexibility index (Phi) is 3.75. The summed E-state index contributed by atoms with van der Waals surface area (Å²) in [5.74, 6) is 0. The molecule has 1 N–H and O–H groups in total. The van der Waals surface area contributed by atoms with E-state index in [-0.39, 0.29) is 17.1 Å². The Morgan fingerprint density at radius 3 is 2.73 bits per heavy atom. The zero-order valence-electron chi connectivity index (χ0n) is 10.3. The van der Waals surface area contributed by atoms with Gasteiger partial charge in [-0.3, -0.25) is 0 Å². The van der Waals surface area contributed by atoms with Gasteiger partial charge in [0, 0.05) is 12.1 Å². The molecule has 0 radical (unpaired) electrons. The molecule has 1 rings (SSSR count). The van der Waals surface area contributed by atoms with Crippen LogP contribution in [0.4, 0.5) is 0 Å². The fraction of sp³-hybridized carbons (Fsp3) is 0.917. The van der Waals surface area contributed by atoms with Crippen LogP contribution in [-0.4, -0.2) is 24.8 Å². The van der Waals surface area contributed by atoms with Gasteiger partial charge in [-0.2, -0.15) is 5.26 Å². The van der Waals surface area contributed by atoms with Gasteiger partial charge in [-0.15, -0.1) is 0 Å². The molecule has 0 aromatic rings. The SMILES string of the molecule is CC1OCCC1(C)NCCC(C)(C)C#N. The third kappa shape index (κ3) is 3.19. The number of hydrogen-bond acceptors (Lipinski definition) is 3. The molecule has 0 aromatic heterocycles. The summed E-state index contributed by atoms with van der Waals surface area (Å²) in [6, 6.07) is 2.32. The molecule has 2 unspecified atom stereocenters.